The van der Waals surface area contributed by atoms with Crippen LogP contribution >= 0.6 is 0 Å². The zero-order valence-corrected chi connectivity index (χ0v) is 8.63. The monoisotopic (exact) mass is 208 g/mol. The van der Waals surface area contributed by atoms with Crippen LogP contribution in [0.4, 0.5) is 4.79 Å². The number of nitrogens with two attached hydrogens (primary N) is 1. The highest BCUT2D eigenvalue weighted by atomic mass is 16.6. The molecule has 0 aromatic heterocycles. The van der Waals surface area contributed by atoms with E-state index in [9.17, 15) is 4.79 Å². The summed E-state index contributed by atoms with van der Waals surface area (Å²) >= 11 is 0. The van der Waals surface area contributed by atoms with Crippen molar-refractivity contribution >= 4 is 6.09 Å². The molecule has 4 nitrogen and oxygen atoms in total. The maximum absolute atomic E-state index is 11.4. The molecule has 1 fully saturated rings. The molecule has 2 atom stereocenters. The fraction of sp³-hybridized carbons (Fsp3) is 0.545. The second-order valence-electron chi connectivity index (χ2n) is 3.92. The molecule has 0 saturated carbocycles. The van der Waals surface area contributed by atoms with Gasteiger partial charge in [0.2, 0.25) is 0 Å². The van der Waals surface area contributed by atoms with E-state index >= 15 is 0 Å². The lowest BCUT2D eigenvalue weighted by molar-refractivity contribution is 0.0683. The van der Waals surface area contributed by atoms with Crippen LogP contribution in [0.15, 0.2) is 24.3 Å². The largest absolute Gasteiger partial charge is 0.449 e. The topological polar surface area (TPSA) is 55.6 Å². The summed E-state index contributed by atoms with van der Waals surface area (Å²) in [6.45, 7) is 1.97. The number of amides is 1. The summed E-state index contributed by atoms with van der Waals surface area (Å²) in [7, 11) is 0. The molecule has 0 aromatic rings. The zero-order valence-electron chi connectivity index (χ0n) is 8.63. The van der Waals surface area contributed by atoms with Crippen LogP contribution < -0.4 is 5.73 Å². The average molecular weight is 208 g/mol. The summed E-state index contributed by atoms with van der Waals surface area (Å²) in [6, 6.07) is 0.00438. The normalized spacial score (nSPS) is 30.5. The molecule has 2 unspecified atom stereocenters. The summed E-state index contributed by atoms with van der Waals surface area (Å²) in [6.07, 6.45) is 8.62. The van der Waals surface area contributed by atoms with Gasteiger partial charge in [0.25, 0.3) is 0 Å². The van der Waals surface area contributed by atoms with Crippen molar-refractivity contribution in [3.05, 3.63) is 24.3 Å². The van der Waals surface area contributed by atoms with Crippen LogP contribution in [-0.2, 0) is 4.74 Å². The molecule has 15 heavy (non-hydrogen) atoms. The van der Waals surface area contributed by atoms with Crippen LogP contribution in [-0.4, -0.2) is 36.7 Å². The van der Waals surface area contributed by atoms with Gasteiger partial charge in [-0.2, -0.15) is 0 Å². The van der Waals surface area contributed by atoms with E-state index < -0.39 is 0 Å². The van der Waals surface area contributed by atoms with Crippen molar-refractivity contribution in [2.75, 3.05) is 19.7 Å². The van der Waals surface area contributed by atoms with Gasteiger partial charge in [-0.25, -0.2) is 4.79 Å². The van der Waals surface area contributed by atoms with Gasteiger partial charge in [-0.05, 0) is 6.42 Å². The maximum atomic E-state index is 11.4. The van der Waals surface area contributed by atoms with Crippen LogP contribution in [0, 0.1) is 5.92 Å². The summed E-state index contributed by atoms with van der Waals surface area (Å²) in [4.78, 5) is 13.1. The first-order valence-electron chi connectivity index (χ1n) is 5.29. The molecule has 1 aliphatic heterocycles. The quantitative estimate of drug-likeness (QED) is 0.733. The zero-order chi connectivity index (χ0) is 10.7. The van der Waals surface area contributed by atoms with Crippen LogP contribution in [0.5, 0.6) is 0 Å². The molecule has 82 valence electrons. The van der Waals surface area contributed by atoms with Gasteiger partial charge in [-0.3, -0.25) is 0 Å². The molecule has 0 bridgehead atoms. The first-order chi connectivity index (χ1) is 7.27. The third kappa shape index (κ3) is 2.39. The Morgan fingerprint density at radius 1 is 1.47 bits per heavy atom. The predicted molar refractivity (Wildman–Crippen MR) is 57.3 cm³/mol. The van der Waals surface area contributed by atoms with Crippen LogP contribution in [0.3, 0.4) is 0 Å². The molecule has 1 saturated heterocycles. The third-order valence-electron chi connectivity index (χ3n) is 2.78. The van der Waals surface area contributed by atoms with E-state index in [-0.39, 0.29) is 18.1 Å². The molecule has 0 spiro atoms. The van der Waals surface area contributed by atoms with Gasteiger partial charge in [0.05, 0.1) is 6.61 Å². The number of rotatable bonds is 2. The summed E-state index contributed by atoms with van der Waals surface area (Å²) in [5.74, 6) is 0.209. The molecule has 2 aliphatic rings. The fourth-order valence-corrected chi connectivity index (χ4v) is 1.87. The van der Waals surface area contributed by atoms with E-state index in [2.05, 4.69) is 0 Å². The molecular formula is C11H16N2O2. The van der Waals surface area contributed by atoms with Crippen molar-refractivity contribution in [3.63, 3.8) is 0 Å². The second-order valence-corrected chi connectivity index (χ2v) is 3.92. The van der Waals surface area contributed by atoms with Crippen LogP contribution in [0.1, 0.15) is 6.42 Å². The maximum Gasteiger partial charge on any atom is 0.409 e. The van der Waals surface area contributed by atoms with Crippen LogP contribution in [0.25, 0.3) is 0 Å². The van der Waals surface area contributed by atoms with E-state index in [1.807, 2.05) is 24.3 Å². The highest BCUT2D eigenvalue weighted by Gasteiger charge is 2.24. The smallest absolute Gasteiger partial charge is 0.409 e. The summed E-state index contributed by atoms with van der Waals surface area (Å²) in [5, 5.41) is 0. The number of ether oxygens (including phenoxy) is 1. The Balaban J connectivity index is 1.93. The number of carbonyl (C=O) groups excluding carboxylic acids is 1. The lowest BCUT2D eigenvalue weighted by Crippen LogP contribution is -2.44. The van der Waals surface area contributed by atoms with Gasteiger partial charge < -0.3 is 15.4 Å². The lowest BCUT2D eigenvalue weighted by Gasteiger charge is -2.31. The molecule has 1 amide bonds. The van der Waals surface area contributed by atoms with Crippen molar-refractivity contribution < 1.29 is 9.53 Å². The first kappa shape index (κ1) is 10.2. The average Bonchev–Trinajstić information content (AvgIpc) is 2.24. The van der Waals surface area contributed by atoms with Crippen LogP contribution in [0.2, 0.25) is 0 Å². The summed E-state index contributed by atoms with van der Waals surface area (Å²) in [5.41, 5.74) is 5.92. The standard InChI is InChI=1S/C11H16N2O2/c12-10-5-2-1-4-9(10)8-13-6-3-7-15-11(13)14/h1-2,4-5,9-10H,3,6-8,12H2. The summed E-state index contributed by atoms with van der Waals surface area (Å²) < 4.78 is 4.97. The minimum atomic E-state index is -0.212. The minimum Gasteiger partial charge on any atom is -0.449 e. The molecule has 4 heteroatoms. The fourth-order valence-electron chi connectivity index (χ4n) is 1.87. The van der Waals surface area contributed by atoms with E-state index in [0.717, 1.165) is 13.0 Å². The Bertz CT molecular complexity index is 299. The van der Waals surface area contributed by atoms with E-state index in [1.165, 1.54) is 0 Å². The Labute approximate surface area is 89.4 Å². The Kier molecular flexibility index (Phi) is 3.06. The lowest BCUT2D eigenvalue weighted by atomic mass is 9.95. The number of nitrogens with zero attached hydrogens (tertiary/aromatic N) is 1. The number of carbonyl (C=O) groups is 1. The van der Waals surface area contributed by atoms with E-state index in [0.29, 0.717) is 13.2 Å². The van der Waals surface area contributed by atoms with Gasteiger partial charge in [0.1, 0.15) is 0 Å². The van der Waals surface area contributed by atoms with Crippen molar-refractivity contribution in [2.45, 2.75) is 12.5 Å². The SMILES string of the molecule is NC1C=CC=CC1CN1CCCOC1=O. The second kappa shape index (κ2) is 4.49. The third-order valence-corrected chi connectivity index (χ3v) is 2.78. The number of cyclic esters (lactones) is 1. The van der Waals surface area contributed by atoms with Crippen molar-refractivity contribution in [3.8, 4) is 0 Å². The predicted octanol–water partition coefficient (Wildman–Crippen LogP) is 0.898. The van der Waals surface area contributed by atoms with Gasteiger partial charge in [0.15, 0.2) is 0 Å². The molecule has 2 N–H and O–H groups in total. The van der Waals surface area contributed by atoms with E-state index in [1.54, 1.807) is 4.90 Å². The Hall–Kier alpha value is -1.29. The molecular weight excluding hydrogens is 192 g/mol. The highest BCUT2D eigenvalue weighted by molar-refractivity contribution is 5.68. The minimum absolute atomic E-state index is 0.00438. The van der Waals surface area contributed by atoms with Gasteiger partial charge in [-0.1, -0.05) is 24.3 Å². The molecule has 1 aliphatic carbocycles. The molecule has 2 rings (SSSR count). The van der Waals surface area contributed by atoms with E-state index in [4.69, 9.17) is 10.5 Å². The molecule has 1 heterocycles. The van der Waals surface area contributed by atoms with Gasteiger partial charge in [0, 0.05) is 25.0 Å². The Morgan fingerprint density at radius 3 is 3.00 bits per heavy atom. The molecule has 0 aromatic carbocycles. The molecule has 0 radical (unpaired) electrons. The number of allylic oxidation sites excluding steroid dienone is 2. The van der Waals surface area contributed by atoms with Crippen molar-refractivity contribution in [1.82, 2.24) is 4.90 Å². The van der Waals surface area contributed by atoms with Crippen molar-refractivity contribution in [2.24, 2.45) is 11.7 Å². The Morgan fingerprint density at radius 2 is 2.27 bits per heavy atom. The first-order valence-corrected chi connectivity index (χ1v) is 5.29. The number of hydrogen-bond donors (Lipinski definition) is 1. The number of hydrogen-bond acceptors (Lipinski definition) is 3. The van der Waals surface area contributed by atoms with Gasteiger partial charge in [-0.15, -0.1) is 0 Å². The van der Waals surface area contributed by atoms with Crippen molar-refractivity contribution in [1.29, 1.82) is 0 Å². The highest BCUT2D eigenvalue weighted by Crippen LogP contribution is 2.15. The van der Waals surface area contributed by atoms with Gasteiger partial charge >= 0.3 is 6.09 Å².